The van der Waals surface area contributed by atoms with Crippen molar-refractivity contribution in [2.75, 3.05) is 18.6 Å². The highest BCUT2D eigenvalue weighted by Gasteiger charge is 2.20. The number of carbonyl (C=O) groups excluding carboxylic acids is 1. The third kappa shape index (κ3) is 5.63. The lowest BCUT2D eigenvalue weighted by Crippen LogP contribution is -2.50. The van der Waals surface area contributed by atoms with E-state index in [4.69, 9.17) is 11.5 Å². The number of hydrogen-bond donors (Lipinski definition) is 2. The average molecular weight is 244 g/mol. The third-order valence-corrected chi connectivity index (χ3v) is 2.49. The van der Waals surface area contributed by atoms with Crippen LogP contribution in [0.15, 0.2) is 0 Å². The normalized spacial score (nSPS) is 11.6. The summed E-state index contributed by atoms with van der Waals surface area (Å²) in [6.07, 6.45) is 7.41. The van der Waals surface area contributed by atoms with Gasteiger partial charge in [0.05, 0.1) is 6.54 Å². The second-order valence-corrected chi connectivity index (χ2v) is 4.10. The Hall–Kier alpha value is -1.19. The summed E-state index contributed by atoms with van der Waals surface area (Å²) in [5.74, 6) is 1.71. The molecule has 0 saturated heterocycles. The van der Waals surface area contributed by atoms with Crippen molar-refractivity contribution in [2.24, 2.45) is 0 Å². The fourth-order valence-electron chi connectivity index (χ4n) is 1.01. The lowest BCUT2D eigenvalue weighted by Gasteiger charge is -2.24. The molecule has 0 aromatic heterocycles. The maximum atomic E-state index is 11.1. The lowest BCUT2D eigenvalue weighted by molar-refractivity contribution is -0.143. The number of carbonyl (C=O) groups is 2. The van der Waals surface area contributed by atoms with E-state index < -0.39 is 12.0 Å². The van der Waals surface area contributed by atoms with Crippen molar-refractivity contribution in [1.82, 2.24) is 10.4 Å². The largest absolute Gasteiger partial charge is 0.480 e. The van der Waals surface area contributed by atoms with Crippen LogP contribution in [0, 0.1) is 12.3 Å². The van der Waals surface area contributed by atoms with Crippen LogP contribution in [0.4, 0.5) is 0 Å². The van der Waals surface area contributed by atoms with Gasteiger partial charge in [0, 0.05) is 6.92 Å². The van der Waals surface area contributed by atoms with Crippen LogP contribution in [0.25, 0.3) is 0 Å². The Morgan fingerprint density at radius 1 is 1.62 bits per heavy atom. The van der Waals surface area contributed by atoms with Crippen LogP contribution in [-0.2, 0) is 9.59 Å². The number of hydrazine groups is 1. The molecular formula is C10H16N2O3S. The third-order valence-electron chi connectivity index (χ3n) is 1.85. The van der Waals surface area contributed by atoms with Gasteiger partial charge >= 0.3 is 5.97 Å². The number of carboxylic acid groups (broad SMARTS) is 1. The van der Waals surface area contributed by atoms with Gasteiger partial charge in [-0.2, -0.15) is 11.8 Å². The van der Waals surface area contributed by atoms with Crippen molar-refractivity contribution in [3.8, 4) is 12.3 Å². The van der Waals surface area contributed by atoms with Gasteiger partial charge in [-0.05, 0) is 18.4 Å². The molecule has 1 amide bonds. The number of hydrogen-bond acceptors (Lipinski definition) is 4. The predicted molar refractivity (Wildman–Crippen MR) is 63.8 cm³/mol. The first-order valence-corrected chi connectivity index (χ1v) is 6.11. The minimum atomic E-state index is -0.989. The van der Waals surface area contributed by atoms with Gasteiger partial charge in [0.25, 0.3) is 0 Å². The number of thioether (sulfide) groups is 1. The molecule has 90 valence electrons. The highest BCUT2D eigenvalue weighted by atomic mass is 32.2. The molecule has 0 aromatic rings. The van der Waals surface area contributed by atoms with E-state index in [1.807, 2.05) is 6.26 Å². The number of carboxylic acids is 1. The summed E-state index contributed by atoms with van der Waals surface area (Å²) >= 11 is 1.55. The van der Waals surface area contributed by atoms with E-state index in [1.165, 1.54) is 6.92 Å². The minimum Gasteiger partial charge on any atom is -0.480 e. The number of terminal acetylenes is 1. The molecule has 16 heavy (non-hydrogen) atoms. The average Bonchev–Trinajstić information content (AvgIpc) is 2.21. The number of amides is 1. The fourth-order valence-corrected chi connectivity index (χ4v) is 1.48. The Bertz CT molecular complexity index is 288. The van der Waals surface area contributed by atoms with Crippen LogP contribution in [0.5, 0.6) is 0 Å². The van der Waals surface area contributed by atoms with Crippen LogP contribution >= 0.6 is 11.8 Å². The molecule has 1 atom stereocenters. The molecule has 6 heteroatoms. The van der Waals surface area contributed by atoms with E-state index >= 15 is 0 Å². The molecule has 0 aliphatic rings. The smallest absolute Gasteiger partial charge is 0.322 e. The first-order chi connectivity index (χ1) is 7.52. The van der Waals surface area contributed by atoms with E-state index in [0.29, 0.717) is 12.2 Å². The first-order valence-electron chi connectivity index (χ1n) is 4.72. The number of nitrogens with zero attached hydrogens (tertiary/aromatic N) is 1. The van der Waals surface area contributed by atoms with Crippen LogP contribution in [0.2, 0.25) is 0 Å². The molecule has 0 radical (unpaired) electrons. The summed E-state index contributed by atoms with van der Waals surface area (Å²) in [6, 6.07) is -0.787. The van der Waals surface area contributed by atoms with Crippen molar-refractivity contribution in [1.29, 1.82) is 0 Å². The van der Waals surface area contributed by atoms with Gasteiger partial charge in [0.15, 0.2) is 0 Å². The Labute approximate surface area is 99.5 Å². The van der Waals surface area contributed by atoms with Crippen molar-refractivity contribution in [3.63, 3.8) is 0 Å². The summed E-state index contributed by atoms with van der Waals surface area (Å²) in [7, 11) is 0. The van der Waals surface area contributed by atoms with E-state index in [9.17, 15) is 9.59 Å². The Morgan fingerprint density at radius 3 is 2.62 bits per heavy atom. The summed E-state index contributed by atoms with van der Waals surface area (Å²) < 4.78 is 0. The quantitative estimate of drug-likeness (QED) is 0.494. The molecule has 0 fully saturated rings. The second kappa shape index (κ2) is 8.02. The van der Waals surface area contributed by atoms with Gasteiger partial charge in [-0.25, -0.2) is 5.43 Å². The molecule has 5 nitrogen and oxygen atoms in total. The van der Waals surface area contributed by atoms with E-state index in [2.05, 4.69) is 11.3 Å². The van der Waals surface area contributed by atoms with E-state index in [-0.39, 0.29) is 12.5 Å². The van der Waals surface area contributed by atoms with Gasteiger partial charge in [-0.1, -0.05) is 5.92 Å². The maximum Gasteiger partial charge on any atom is 0.322 e. The van der Waals surface area contributed by atoms with Crippen molar-refractivity contribution < 1.29 is 14.7 Å². The highest BCUT2D eigenvalue weighted by Crippen LogP contribution is 2.02. The number of rotatable bonds is 7. The summed E-state index contributed by atoms with van der Waals surface area (Å²) in [5, 5.41) is 10.1. The van der Waals surface area contributed by atoms with Crippen molar-refractivity contribution in [2.45, 2.75) is 19.4 Å². The fraction of sp³-hybridized carbons (Fsp3) is 0.600. The minimum absolute atomic E-state index is 0.0539. The van der Waals surface area contributed by atoms with Crippen molar-refractivity contribution >= 4 is 23.6 Å². The topological polar surface area (TPSA) is 69.6 Å². The van der Waals surface area contributed by atoms with Gasteiger partial charge in [-0.15, -0.1) is 6.42 Å². The van der Waals surface area contributed by atoms with Gasteiger partial charge in [0.2, 0.25) is 5.91 Å². The maximum absolute atomic E-state index is 11.1. The molecule has 0 unspecified atom stereocenters. The van der Waals surface area contributed by atoms with Gasteiger partial charge in [0.1, 0.15) is 6.04 Å². The zero-order valence-electron chi connectivity index (χ0n) is 9.40. The monoisotopic (exact) mass is 244 g/mol. The van der Waals surface area contributed by atoms with Crippen molar-refractivity contribution in [3.05, 3.63) is 0 Å². The Morgan fingerprint density at radius 2 is 2.25 bits per heavy atom. The van der Waals surface area contributed by atoms with Gasteiger partial charge in [-0.3, -0.25) is 14.6 Å². The van der Waals surface area contributed by atoms with Crippen LogP contribution in [0.1, 0.15) is 13.3 Å². The molecule has 0 aromatic carbocycles. The lowest BCUT2D eigenvalue weighted by atomic mass is 10.2. The Kier molecular flexibility index (Phi) is 7.42. The standard InChI is InChI=1S/C10H16N2O3S/c1-4-6-12(8(2)13)11-9(10(14)15)5-7-16-3/h1,9,11H,5-7H2,2-3H3,(H,14,15)/t9-/m0/s1. The highest BCUT2D eigenvalue weighted by molar-refractivity contribution is 7.98. The molecule has 2 N–H and O–H groups in total. The zero-order valence-corrected chi connectivity index (χ0v) is 10.2. The molecule has 0 heterocycles. The Balaban J connectivity index is 4.39. The molecule has 0 aliphatic heterocycles. The molecule has 0 spiro atoms. The van der Waals surface area contributed by atoms with Gasteiger partial charge < -0.3 is 5.11 Å². The number of aliphatic carboxylic acids is 1. The molecule has 0 rings (SSSR count). The first kappa shape index (κ1) is 14.8. The summed E-state index contributed by atoms with van der Waals surface area (Å²) in [4.78, 5) is 22.0. The van der Waals surface area contributed by atoms with Crippen LogP contribution in [0.3, 0.4) is 0 Å². The molecular weight excluding hydrogens is 228 g/mol. The molecule has 0 saturated carbocycles. The summed E-state index contributed by atoms with van der Waals surface area (Å²) in [5.41, 5.74) is 2.62. The van der Waals surface area contributed by atoms with Crippen LogP contribution in [-0.4, -0.2) is 46.6 Å². The van der Waals surface area contributed by atoms with E-state index in [1.54, 1.807) is 11.8 Å². The van der Waals surface area contributed by atoms with Crippen LogP contribution < -0.4 is 5.43 Å². The molecule has 0 bridgehead atoms. The second-order valence-electron chi connectivity index (χ2n) is 3.11. The molecule has 0 aliphatic carbocycles. The number of nitrogens with one attached hydrogen (secondary N) is 1. The SMILES string of the molecule is C#CCN(N[C@@H](CCSC)C(=O)O)C(C)=O. The predicted octanol–water partition coefficient (Wildman–Crippen LogP) is 0.179. The zero-order chi connectivity index (χ0) is 12.6. The van der Waals surface area contributed by atoms with E-state index in [0.717, 1.165) is 5.01 Å². The summed E-state index contributed by atoms with van der Waals surface area (Å²) in [6.45, 7) is 1.39.